The number of para-hydroxylation sites is 1. The van der Waals surface area contributed by atoms with Crippen LogP contribution in [0.1, 0.15) is 33.2 Å². The maximum absolute atomic E-state index is 14.4. The lowest BCUT2D eigenvalue weighted by atomic mass is 10.1. The van der Waals surface area contributed by atoms with Crippen molar-refractivity contribution in [2.45, 2.75) is 13.5 Å². The van der Waals surface area contributed by atoms with Crippen LogP contribution in [0.4, 0.5) is 15.8 Å². The van der Waals surface area contributed by atoms with Gasteiger partial charge in [-0.05, 0) is 55.0 Å². The van der Waals surface area contributed by atoms with Gasteiger partial charge in [-0.2, -0.15) is 12.7 Å². The number of halogens is 2. The van der Waals surface area contributed by atoms with E-state index in [0.717, 1.165) is 8.61 Å². The van der Waals surface area contributed by atoms with Crippen LogP contribution < -0.4 is 9.62 Å². The number of carbonyl (C=O) groups is 2. The molecule has 0 heterocycles. The number of nitrogens with zero attached hydrogens (tertiary/aromatic N) is 2. The maximum Gasteiger partial charge on any atom is 0.338 e. The van der Waals surface area contributed by atoms with Crippen LogP contribution in [0.5, 0.6) is 0 Å². The molecule has 0 bridgehead atoms. The van der Waals surface area contributed by atoms with Crippen LogP contribution in [-0.2, 0) is 21.5 Å². The lowest BCUT2D eigenvalue weighted by Crippen LogP contribution is -2.40. The second-order valence-corrected chi connectivity index (χ2v) is 10.3. The van der Waals surface area contributed by atoms with Gasteiger partial charge >= 0.3 is 16.2 Å². The van der Waals surface area contributed by atoms with Crippen molar-refractivity contribution in [2.24, 2.45) is 0 Å². The van der Waals surface area contributed by atoms with E-state index >= 15 is 0 Å². The van der Waals surface area contributed by atoms with Crippen molar-refractivity contribution in [3.8, 4) is 0 Å². The molecule has 11 heteroatoms. The standard InChI is InChI=1S/C25H25ClFN3O5S/c1-4-35-25(32)19-13-14-22(20(26)15-19)28-24(31)18-11-9-17(10-12-18)16-30(36(33,34)29(2)3)23-8-6-5-7-21(23)27/h5-15H,4,16H2,1-3H3,(H,28,31). The van der Waals surface area contributed by atoms with Crippen LogP contribution in [-0.4, -0.2) is 45.3 Å². The summed E-state index contributed by atoms with van der Waals surface area (Å²) < 4.78 is 47.1. The average molecular weight is 534 g/mol. The van der Waals surface area contributed by atoms with Gasteiger partial charge < -0.3 is 10.1 Å². The first-order valence-electron chi connectivity index (χ1n) is 10.9. The fraction of sp³-hybridized carbons (Fsp3) is 0.200. The molecule has 0 saturated carbocycles. The van der Waals surface area contributed by atoms with Crippen molar-refractivity contribution >= 4 is 45.1 Å². The Morgan fingerprint density at radius 2 is 1.64 bits per heavy atom. The third-order valence-electron chi connectivity index (χ3n) is 5.13. The second-order valence-electron chi connectivity index (χ2n) is 7.81. The number of benzene rings is 3. The molecule has 190 valence electrons. The van der Waals surface area contributed by atoms with Crippen molar-refractivity contribution in [1.29, 1.82) is 0 Å². The summed E-state index contributed by atoms with van der Waals surface area (Å²) in [6.45, 7) is 1.77. The molecule has 0 aliphatic rings. The summed E-state index contributed by atoms with van der Waals surface area (Å²) in [7, 11) is -1.27. The molecule has 0 radical (unpaired) electrons. The van der Waals surface area contributed by atoms with E-state index in [-0.39, 0.29) is 35.0 Å². The molecule has 1 amide bonds. The first-order valence-corrected chi connectivity index (χ1v) is 12.6. The molecule has 3 aromatic rings. The van der Waals surface area contributed by atoms with Gasteiger partial charge in [-0.1, -0.05) is 35.9 Å². The maximum atomic E-state index is 14.4. The third kappa shape index (κ3) is 6.20. The number of amides is 1. The van der Waals surface area contributed by atoms with Gasteiger partial charge in [-0.25, -0.2) is 9.18 Å². The highest BCUT2D eigenvalue weighted by Gasteiger charge is 2.27. The van der Waals surface area contributed by atoms with Crippen molar-refractivity contribution in [3.63, 3.8) is 0 Å². The third-order valence-corrected chi connectivity index (χ3v) is 7.25. The zero-order valence-corrected chi connectivity index (χ0v) is 21.4. The summed E-state index contributed by atoms with van der Waals surface area (Å²) in [6.07, 6.45) is 0. The zero-order valence-electron chi connectivity index (χ0n) is 19.9. The molecule has 0 aromatic heterocycles. The SMILES string of the molecule is CCOC(=O)c1ccc(NC(=O)c2ccc(CN(c3ccccc3F)S(=O)(=O)N(C)C)cc2)c(Cl)c1. The van der Waals surface area contributed by atoms with Gasteiger partial charge in [0.1, 0.15) is 5.82 Å². The summed E-state index contributed by atoms with van der Waals surface area (Å²) in [5, 5.41) is 2.84. The minimum absolute atomic E-state index is 0.0890. The molecule has 0 atom stereocenters. The average Bonchev–Trinajstić information content (AvgIpc) is 2.84. The molecule has 8 nitrogen and oxygen atoms in total. The summed E-state index contributed by atoms with van der Waals surface area (Å²) >= 11 is 6.21. The Morgan fingerprint density at radius 3 is 2.22 bits per heavy atom. The van der Waals surface area contributed by atoms with E-state index in [9.17, 15) is 22.4 Å². The molecular formula is C25H25ClFN3O5S. The van der Waals surface area contributed by atoms with E-state index in [0.29, 0.717) is 11.3 Å². The first kappa shape index (κ1) is 27.1. The van der Waals surface area contributed by atoms with Crippen LogP contribution in [0, 0.1) is 5.82 Å². The summed E-state index contributed by atoms with van der Waals surface area (Å²) in [6, 6.07) is 16.2. The fourth-order valence-corrected chi connectivity index (χ4v) is 4.55. The van der Waals surface area contributed by atoms with Gasteiger partial charge in [-0.3, -0.25) is 9.10 Å². The monoisotopic (exact) mass is 533 g/mol. The highest BCUT2D eigenvalue weighted by atomic mass is 35.5. The largest absolute Gasteiger partial charge is 0.462 e. The van der Waals surface area contributed by atoms with E-state index in [1.54, 1.807) is 25.1 Å². The van der Waals surface area contributed by atoms with Crippen LogP contribution in [0.15, 0.2) is 66.7 Å². The zero-order chi connectivity index (χ0) is 26.5. The molecule has 1 N–H and O–H groups in total. The van der Waals surface area contributed by atoms with Gasteiger partial charge in [0, 0.05) is 19.7 Å². The molecule has 0 saturated heterocycles. The quantitative estimate of drug-likeness (QED) is 0.401. The molecule has 0 aliphatic carbocycles. The van der Waals surface area contributed by atoms with Gasteiger partial charge in [0.05, 0.1) is 35.1 Å². The lowest BCUT2D eigenvalue weighted by Gasteiger charge is -2.27. The highest BCUT2D eigenvalue weighted by Crippen LogP contribution is 2.26. The Hall–Kier alpha value is -3.47. The van der Waals surface area contributed by atoms with Crippen molar-refractivity contribution in [1.82, 2.24) is 4.31 Å². The first-order chi connectivity index (χ1) is 17.0. The number of hydrogen-bond donors (Lipinski definition) is 1. The molecule has 0 spiro atoms. The van der Waals surface area contributed by atoms with Crippen molar-refractivity contribution in [3.05, 3.63) is 94.3 Å². The Labute approximate surface area is 214 Å². The predicted molar refractivity (Wildman–Crippen MR) is 137 cm³/mol. The predicted octanol–water partition coefficient (Wildman–Crippen LogP) is 4.72. The molecule has 3 aromatic carbocycles. The Bertz CT molecular complexity index is 1360. The van der Waals surface area contributed by atoms with Gasteiger partial charge in [0.2, 0.25) is 0 Å². The summed E-state index contributed by atoms with van der Waals surface area (Å²) in [5.41, 5.74) is 1.31. The van der Waals surface area contributed by atoms with E-state index < -0.39 is 27.9 Å². The van der Waals surface area contributed by atoms with Crippen LogP contribution >= 0.6 is 11.6 Å². The van der Waals surface area contributed by atoms with E-state index in [1.165, 1.54) is 62.6 Å². The normalized spacial score (nSPS) is 11.3. The molecule has 0 fully saturated rings. The van der Waals surface area contributed by atoms with Gasteiger partial charge in [0.25, 0.3) is 5.91 Å². The van der Waals surface area contributed by atoms with Crippen molar-refractivity contribution < 1.29 is 27.1 Å². The van der Waals surface area contributed by atoms with Gasteiger partial charge in [-0.15, -0.1) is 0 Å². The minimum Gasteiger partial charge on any atom is -0.462 e. The fourth-order valence-electron chi connectivity index (χ4n) is 3.22. The van der Waals surface area contributed by atoms with Crippen LogP contribution in [0.25, 0.3) is 0 Å². The lowest BCUT2D eigenvalue weighted by molar-refractivity contribution is 0.0526. The number of rotatable bonds is 9. The minimum atomic E-state index is -4.00. The number of hydrogen-bond acceptors (Lipinski definition) is 5. The molecule has 36 heavy (non-hydrogen) atoms. The number of esters is 1. The van der Waals surface area contributed by atoms with Gasteiger partial charge in [0.15, 0.2) is 0 Å². The second kappa shape index (κ2) is 11.5. The molecule has 0 aliphatic heterocycles. The Balaban J connectivity index is 1.78. The number of ether oxygens (including phenoxy) is 1. The molecule has 0 unspecified atom stereocenters. The molecule has 3 rings (SSSR count). The topological polar surface area (TPSA) is 96.0 Å². The summed E-state index contributed by atoms with van der Waals surface area (Å²) in [4.78, 5) is 24.5. The Morgan fingerprint density at radius 1 is 1.00 bits per heavy atom. The number of carbonyl (C=O) groups excluding carboxylic acids is 2. The van der Waals surface area contributed by atoms with Crippen molar-refractivity contribution in [2.75, 3.05) is 30.3 Å². The van der Waals surface area contributed by atoms with Crippen LogP contribution in [0.2, 0.25) is 5.02 Å². The Kier molecular flexibility index (Phi) is 8.67. The van der Waals surface area contributed by atoms with E-state index in [4.69, 9.17) is 16.3 Å². The smallest absolute Gasteiger partial charge is 0.338 e. The highest BCUT2D eigenvalue weighted by molar-refractivity contribution is 7.90. The van der Waals surface area contributed by atoms with E-state index in [2.05, 4.69) is 5.32 Å². The molecular weight excluding hydrogens is 509 g/mol. The number of anilines is 2. The summed E-state index contributed by atoms with van der Waals surface area (Å²) in [5.74, 6) is -1.66. The van der Waals surface area contributed by atoms with E-state index in [1.807, 2.05) is 0 Å². The number of nitrogens with one attached hydrogen (secondary N) is 1. The van der Waals surface area contributed by atoms with Crippen LogP contribution in [0.3, 0.4) is 0 Å².